The monoisotopic (exact) mass is 220 g/mol. The molecule has 1 rings (SSSR count). The van der Waals surface area contributed by atoms with E-state index in [4.69, 9.17) is 5.11 Å². The van der Waals surface area contributed by atoms with Gasteiger partial charge in [-0.3, -0.25) is 9.00 Å². The van der Waals surface area contributed by atoms with Gasteiger partial charge in [-0.2, -0.15) is 0 Å². The highest BCUT2D eigenvalue weighted by atomic mass is 32.2. The Morgan fingerprint density at radius 3 is 2.43 bits per heavy atom. The van der Waals surface area contributed by atoms with Crippen LogP contribution in [0.3, 0.4) is 0 Å². The Kier molecular flexibility index (Phi) is 6.57. The number of aliphatic hydroxyl groups excluding tert-OH is 1. The van der Waals surface area contributed by atoms with Crippen LogP contribution in [-0.4, -0.2) is 39.0 Å². The van der Waals surface area contributed by atoms with Gasteiger partial charge < -0.3 is 9.90 Å². The summed E-state index contributed by atoms with van der Waals surface area (Å²) in [6, 6.07) is 0. The Balaban J connectivity index is 0.000000791. The van der Waals surface area contributed by atoms with Crippen molar-refractivity contribution in [3.63, 3.8) is 0 Å². The van der Waals surface area contributed by atoms with Gasteiger partial charge in [0.2, 0.25) is 0 Å². The van der Waals surface area contributed by atoms with E-state index in [1.165, 1.54) is 6.92 Å². The molecule has 0 aliphatic carbocycles. The number of hydrogen-bond acceptors (Lipinski definition) is 4. The minimum Gasteiger partial charge on any atom is -0.400 e. The molecule has 0 aromatic heterocycles. The van der Waals surface area contributed by atoms with Crippen molar-refractivity contribution < 1.29 is 18.9 Å². The molecular formula is C9H16O4S. The van der Waals surface area contributed by atoms with Crippen LogP contribution in [0.25, 0.3) is 0 Å². The Morgan fingerprint density at radius 1 is 1.43 bits per heavy atom. The SMILES string of the molecule is CC(=O)C1CCCC(C=O)S1=O.CO. The highest BCUT2D eigenvalue weighted by Crippen LogP contribution is 2.21. The normalized spacial score (nSPS) is 31.2. The molecule has 0 bridgehead atoms. The third kappa shape index (κ3) is 3.31. The average Bonchev–Trinajstić information content (AvgIpc) is 2.21. The summed E-state index contributed by atoms with van der Waals surface area (Å²) in [6.45, 7) is 1.44. The van der Waals surface area contributed by atoms with Gasteiger partial charge in [-0.1, -0.05) is 6.42 Å². The zero-order chi connectivity index (χ0) is 11.1. The minimum atomic E-state index is -1.26. The van der Waals surface area contributed by atoms with E-state index in [0.29, 0.717) is 19.1 Å². The van der Waals surface area contributed by atoms with Gasteiger partial charge in [0, 0.05) is 17.9 Å². The summed E-state index contributed by atoms with van der Waals surface area (Å²) in [4.78, 5) is 21.4. The van der Waals surface area contributed by atoms with E-state index < -0.39 is 21.3 Å². The molecule has 1 heterocycles. The molecule has 5 heteroatoms. The first-order chi connectivity index (χ1) is 6.66. The molecule has 1 saturated heterocycles. The molecule has 1 N–H and O–H groups in total. The van der Waals surface area contributed by atoms with E-state index in [2.05, 4.69) is 0 Å². The molecule has 1 aliphatic rings. The second-order valence-electron chi connectivity index (χ2n) is 3.03. The Labute approximate surface area is 86.2 Å². The van der Waals surface area contributed by atoms with Gasteiger partial charge >= 0.3 is 0 Å². The maximum absolute atomic E-state index is 11.5. The quantitative estimate of drug-likeness (QED) is 0.668. The van der Waals surface area contributed by atoms with Crippen LogP contribution >= 0.6 is 0 Å². The molecule has 3 atom stereocenters. The van der Waals surface area contributed by atoms with E-state index >= 15 is 0 Å². The topological polar surface area (TPSA) is 71.4 Å². The number of carbonyl (C=O) groups excluding carboxylic acids is 2. The van der Waals surface area contributed by atoms with Crippen molar-refractivity contribution in [3.8, 4) is 0 Å². The third-order valence-corrected chi connectivity index (χ3v) is 4.21. The lowest BCUT2D eigenvalue weighted by molar-refractivity contribution is -0.116. The molecule has 0 aromatic rings. The fraction of sp³-hybridized carbons (Fsp3) is 0.778. The number of carbonyl (C=O) groups is 2. The molecule has 1 fully saturated rings. The first-order valence-corrected chi connectivity index (χ1v) is 5.74. The average molecular weight is 220 g/mol. The molecule has 0 saturated carbocycles. The van der Waals surface area contributed by atoms with Crippen molar-refractivity contribution in [2.75, 3.05) is 7.11 Å². The van der Waals surface area contributed by atoms with Gasteiger partial charge in [-0.05, 0) is 19.8 Å². The van der Waals surface area contributed by atoms with E-state index in [0.717, 1.165) is 13.5 Å². The molecule has 0 amide bonds. The zero-order valence-corrected chi connectivity index (χ0v) is 9.25. The van der Waals surface area contributed by atoms with Crippen molar-refractivity contribution in [1.29, 1.82) is 0 Å². The van der Waals surface area contributed by atoms with Crippen LogP contribution in [0.2, 0.25) is 0 Å². The van der Waals surface area contributed by atoms with Crippen LogP contribution in [-0.2, 0) is 20.4 Å². The summed E-state index contributed by atoms with van der Waals surface area (Å²) in [6.07, 6.45) is 2.89. The molecule has 14 heavy (non-hydrogen) atoms. The number of rotatable bonds is 2. The molecule has 0 spiro atoms. The molecule has 1 aliphatic heterocycles. The van der Waals surface area contributed by atoms with Crippen molar-refractivity contribution in [2.24, 2.45) is 0 Å². The lowest BCUT2D eigenvalue weighted by Crippen LogP contribution is -2.36. The van der Waals surface area contributed by atoms with Gasteiger partial charge in [0.1, 0.15) is 12.1 Å². The van der Waals surface area contributed by atoms with Crippen LogP contribution in [0.5, 0.6) is 0 Å². The second kappa shape index (κ2) is 6.84. The predicted octanol–water partition coefficient (Wildman–Crippen LogP) is 0.0526. The Morgan fingerprint density at radius 2 is 2.00 bits per heavy atom. The first-order valence-electron chi connectivity index (χ1n) is 4.46. The van der Waals surface area contributed by atoms with Crippen molar-refractivity contribution in [3.05, 3.63) is 0 Å². The standard InChI is InChI=1S/C8H12O3S.CH4O/c1-6(10)8-4-2-3-7(5-9)12(8)11;1-2/h5,7-8H,2-4H2,1H3;2H,1H3. The lowest BCUT2D eigenvalue weighted by Gasteiger charge is -2.22. The molecule has 0 aromatic carbocycles. The fourth-order valence-electron chi connectivity index (χ4n) is 1.44. The number of Topliss-reactive ketones (excluding diaryl/α,β-unsaturated/α-hetero) is 1. The van der Waals surface area contributed by atoms with Gasteiger partial charge in [-0.25, -0.2) is 0 Å². The smallest absolute Gasteiger partial charge is 0.145 e. The molecule has 82 valence electrons. The van der Waals surface area contributed by atoms with Gasteiger partial charge in [0.15, 0.2) is 0 Å². The van der Waals surface area contributed by atoms with Crippen LogP contribution in [0.15, 0.2) is 0 Å². The second-order valence-corrected chi connectivity index (χ2v) is 4.86. The highest BCUT2D eigenvalue weighted by Gasteiger charge is 2.31. The van der Waals surface area contributed by atoms with Crippen molar-refractivity contribution >= 4 is 22.9 Å². The summed E-state index contributed by atoms with van der Waals surface area (Å²) in [5, 5.41) is 6.20. The number of hydrogen-bond donors (Lipinski definition) is 1. The van der Waals surface area contributed by atoms with Crippen LogP contribution in [0, 0.1) is 0 Å². The van der Waals surface area contributed by atoms with Crippen molar-refractivity contribution in [2.45, 2.75) is 36.7 Å². The van der Waals surface area contributed by atoms with Crippen LogP contribution in [0.1, 0.15) is 26.2 Å². The van der Waals surface area contributed by atoms with E-state index in [-0.39, 0.29) is 5.78 Å². The summed E-state index contributed by atoms with van der Waals surface area (Å²) in [5.74, 6) is -0.0557. The molecule has 4 nitrogen and oxygen atoms in total. The van der Waals surface area contributed by atoms with Gasteiger partial charge in [0.05, 0.1) is 10.5 Å². The van der Waals surface area contributed by atoms with Crippen LogP contribution in [0.4, 0.5) is 0 Å². The third-order valence-electron chi connectivity index (χ3n) is 2.14. The van der Waals surface area contributed by atoms with Crippen molar-refractivity contribution in [1.82, 2.24) is 0 Å². The van der Waals surface area contributed by atoms with Crippen LogP contribution < -0.4 is 0 Å². The fourth-order valence-corrected chi connectivity index (χ4v) is 3.09. The van der Waals surface area contributed by atoms with Gasteiger partial charge in [0.25, 0.3) is 0 Å². The van der Waals surface area contributed by atoms with E-state index in [1.807, 2.05) is 0 Å². The largest absolute Gasteiger partial charge is 0.400 e. The lowest BCUT2D eigenvalue weighted by atomic mass is 10.1. The summed E-state index contributed by atoms with van der Waals surface area (Å²) < 4.78 is 11.5. The van der Waals surface area contributed by atoms with E-state index in [1.54, 1.807) is 0 Å². The Bertz CT molecular complexity index is 227. The number of aliphatic hydroxyl groups is 1. The molecular weight excluding hydrogens is 204 g/mol. The zero-order valence-electron chi connectivity index (χ0n) is 8.43. The highest BCUT2D eigenvalue weighted by molar-refractivity contribution is 7.87. The number of ketones is 1. The number of aldehydes is 1. The van der Waals surface area contributed by atoms with Gasteiger partial charge in [-0.15, -0.1) is 0 Å². The molecule has 3 unspecified atom stereocenters. The maximum atomic E-state index is 11.5. The molecule has 0 radical (unpaired) electrons. The van der Waals surface area contributed by atoms with E-state index in [9.17, 15) is 13.8 Å². The Hall–Kier alpha value is -0.550. The first kappa shape index (κ1) is 13.4. The summed E-state index contributed by atoms with van der Waals surface area (Å²) in [7, 11) is -0.264. The summed E-state index contributed by atoms with van der Waals surface area (Å²) in [5.41, 5.74) is 0. The predicted molar refractivity (Wildman–Crippen MR) is 54.5 cm³/mol. The summed E-state index contributed by atoms with van der Waals surface area (Å²) >= 11 is 0. The minimum absolute atomic E-state index is 0.0557. The maximum Gasteiger partial charge on any atom is 0.145 e.